The van der Waals surface area contributed by atoms with Crippen molar-refractivity contribution >= 4 is 5.91 Å². The summed E-state index contributed by atoms with van der Waals surface area (Å²) in [6.45, 7) is -0.0832. The number of rotatable bonds is 9. The molecule has 3 aromatic rings. The molecule has 3 heterocycles. The van der Waals surface area contributed by atoms with Crippen molar-refractivity contribution in [1.82, 2.24) is 20.2 Å². The maximum Gasteiger partial charge on any atom is 0.254 e. The number of halogens is 1. The average Bonchev–Trinajstić information content (AvgIpc) is 3.33. The smallest absolute Gasteiger partial charge is 0.254 e. The normalized spacial score (nSPS) is 18.6. The third kappa shape index (κ3) is 5.83. The van der Waals surface area contributed by atoms with E-state index >= 15 is 0 Å². The first-order valence-electron chi connectivity index (χ1n) is 11.5. The predicted molar refractivity (Wildman–Crippen MR) is 125 cm³/mol. The Kier molecular flexibility index (Phi) is 7.95. The van der Waals surface area contributed by atoms with Crippen LogP contribution in [0.25, 0.3) is 0 Å². The number of aliphatic hydroxyl groups is 2. The summed E-state index contributed by atoms with van der Waals surface area (Å²) >= 11 is 0. The maximum atomic E-state index is 13.9. The van der Waals surface area contributed by atoms with E-state index in [1.807, 2.05) is 24.3 Å². The molecule has 0 saturated carbocycles. The van der Waals surface area contributed by atoms with Gasteiger partial charge in [0.2, 0.25) is 5.95 Å². The largest absolute Gasteiger partial charge is 0.395 e. The van der Waals surface area contributed by atoms with Crippen LogP contribution in [0.4, 0.5) is 4.39 Å². The van der Waals surface area contributed by atoms with E-state index in [9.17, 15) is 19.4 Å². The monoisotopic (exact) mass is 464 g/mol. The zero-order valence-electron chi connectivity index (χ0n) is 18.8. The van der Waals surface area contributed by atoms with Crippen molar-refractivity contribution < 1.29 is 19.4 Å². The lowest BCUT2D eigenvalue weighted by Crippen LogP contribution is -2.35. The number of carbonyl (C=O) groups excluding carboxylic acids is 1. The first-order chi connectivity index (χ1) is 16.5. The molecule has 0 bridgehead atoms. The number of nitrogens with one attached hydrogen (secondary N) is 1. The summed E-state index contributed by atoms with van der Waals surface area (Å²) in [6, 6.07) is 14.5. The Hall–Kier alpha value is -3.20. The first-order valence-corrected chi connectivity index (χ1v) is 11.5. The Bertz CT molecular complexity index is 1080. The van der Waals surface area contributed by atoms with E-state index in [1.54, 1.807) is 36.7 Å². The van der Waals surface area contributed by atoms with Gasteiger partial charge in [0.1, 0.15) is 0 Å². The van der Waals surface area contributed by atoms with Crippen LogP contribution in [0.1, 0.15) is 46.0 Å². The van der Waals surface area contributed by atoms with Gasteiger partial charge in [-0.15, -0.1) is 0 Å². The molecule has 1 saturated heterocycles. The Morgan fingerprint density at radius 2 is 1.94 bits per heavy atom. The molecule has 1 aromatic carbocycles. The minimum atomic E-state index is -0.621. The number of pyridine rings is 2. The molecule has 0 unspecified atom stereocenters. The van der Waals surface area contributed by atoms with Gasteiger partial charge in [-0.3, -0.25) is 9.78 Å². The molecule has 1 aliphatic rings. The zero-order valence-corrected chi connectivity index (χ0v) is 18.8. The van der Waals surface area contributed by atoms with Crippen LogP contribution in [0.5, 0.6) is 0 Å². The van der Waals surface area contributed by atoms with Crippen LogP contribution < -0.4 is 5.32 Å². The van der Waals surface area contributed by atoms with Gasteiger partial charge in [0.05, 0.1) is 19.3 Å². The molecule has 2 aromatic heterocycles. The highest BCUT2D eigenvalue weighted by atomic mass is 19.1. The van der Waals surface area contributed by atoms with Crippen molar-refractivity contribution in [1.29, 1.82) is 0 Å². The van der Waals surface area contributed by atoms with Crippen LogP contribution in [0.2, 0.25) is 0 Å². The summed E-state index contributed by atoms with van der Waals surface area (Å²) in [6.07, 6.45) is 6.75. The van der Waals surface area contributed by atoms with Crippen molar-refractivity contribution in [2.45, 2.75) is 44.0 Å². The lowest BCUT2D eigenvalue weighted by atomic mass is 10.0. The third-order valence-corrected chi connectivity index (χ3v) is 6.22. The number of carbonyl (C=O) groups is 1. The van der Waals surface area contributed by atoms with E-state index in [1.165, 1.54) is 11.1 Å². The van der Waals surface area contributed by atoms with Gasteiger partial charge in [0.25, 0.3) is 5.91 Å². The van der Waals surface area contributed by atoms with E-state index in [4.69, 9.17) is 0 Å². The van der Waals surface area contributed by atoms with Gasteiger partial charge >= 0.3 is 0 Å². The van der Waals surface area contributed by atoms with E-state index in [0.717, 1.165) is 30.4 Å². The molecule has 1 fully saturated rings. The Labute approximate surface area is 198 Å². The van der Waals surface area contributed by atoms with Gasteiger partial charge in [-0.25, -0.2) is 4.98 Å². The van der Waals surface area contributed by atoms with Crippen molar-refractivity contribution in [2.75, 3.05) is 13.2 Å². The second-order valence-corrected chi connectivity index (χ2v) is 8.58. The van der Waals surface area contributed by atoms with Crippen LogP contribution in [0, 0.1) is 5.95 Å². The molecule has 34 heavy (non-hydrogen) atoms. The highest BCUT2D eigenvalue weighted by Crippen LogP contribution is 2.26. The second kappa shape index (κ2) is 11.3. The molecule has 1 aliphatic heterocycles. The van der Waals surface area contributed by atoms with Gasteiger partial charge < -0.3 is 20.4 Å². The molecule has 0 radical (unpaired) electrons. The van der Waals surface area contributed by atoms with Crippen molar-refractivity contribution in [2.24, 2.45) is 0 Å². The van der Waals surface area contributed by atoms with Crippen molar-refractivity contribution in [3.05, 3.63) is 95.3 Å². The van der Waals surface area contributed by atoms with Crippen molar-refractivity contribution in [3.63, 3.8) is 0 Å². The number of nitrogens with zero attached hydrogens (tertiary/aromatic N) is 3. The summed E-state index contributed by atoms with van der Waals surface area (Å²) in [4.78, 5) is 22.1. The summed E-state index contributed by atoms with van der Waals surface area (Å²) < 4.78 is 13.9. The third-order valence-electron chi connectivity index (χ3n) is 6.22. The number of hydrogen-bond acceptors (Lipinski definition) is 6. The fraction of sp³-hybridized carbons (Fsp3) is 0.346. The number of aromatic nitrogens is 2. The van der Waals surface area contributed by atoms with Gasteiger partial charge in [0, 0.05) is 53.9 Å². The van der Waals surface area contributed by atoms with Crippen LogP contribution in [-0.4, -0.2) is 56.2 Å². The maximum absolute atomic E-state index is 13.9. The van der Waals surface area contributed by atoms with E-state index in [-0.39, 0.29) is 37.7 Å². The summed E-state index contributed by atoms with van der Waals surface area (Å²) in [7, 11) is 0. The molecule has 8 heteroatoms. The molecule has 3 atom stereocenters. The van der Waals surface area contributed by atoms with Crippen molar-refractivity contribution in [3.8, 4) is 0 Å². The SMILES string of the molecule is O=C(c1ccc(C[C@@H]2CC[C@H]([C@H](O)c3cccnc3)N2)cc1)N(CCO)Cc1cccnc1F. The highest BCUT2D eigenvalue weighted by molar-refractivity contribution is 5.94. The fourth-order valence-corrected chi connectivity index (χ4v) is 4.41. The van der Waals surface area contributed by atoms with Gasteiger partial charge in [-0.05, 0) is 49.1 Å². The molecule has 1 amide bonds. The molecular weight excluding hydrogens is 435 g/mol. The second-order valence-electron chi connectivity index (χ2n) is 8.58. The van der Waals surface area contributed by atoms with Gasteiger partial charge in [0.15, 0.2) is 0 Å². The summed E-state index contributed by atoms with van der Waals surface area (Å²) in [5.41, 5.74) is 2.67. The van der Waals surface area contributed by atoms with Gasteiger partial charge in [-0.2, -0.15) is 4.39 Å². The van der Waals surface area contributed by atoms with E-state index in [2.05, 4.69) is 15.3 Å². The van der Waals surface area contributed by atoms with Crippen LogP contribution in [0.3, 0.4) is 0 Å². The van der Waals surface area contributed by atoms with Crippen LogP contribution >= 0.6 is 0 Å². The predicted octanol–water partition coefficient (Wildman–Crippen LogP) is 2.65. The fourth-order valence-electron chi connectivity index (χ4n) is 4.41. The Morgan fingerprint density at radius 1 is 1.15 bits per heavy atom. The average molecular weight is 465 g/mol. The standard InChI is InChI=1S/C26H29FN4O3/c27-25-21(4-2-12-29-25)17-31(13-14-32)26(34)19-7-5-18(6-8-19)15-22-9-10-23(30-22)24(33)20-3-1-11-28-16-20/h1-8,11-12,16,22-24,30,32-33H,9-10,13-15,17H2/t22-,23+,24+/m0/s1. The topological polar surface area (TPSA) is 98.6 Å². The minimum absolute atomic E-state index is 0.0186. The Balaban J connectivity index is 1.36. The first kappa shape index (κ1) is 23.9. The van der Waals surface area contributed by atoms with Crippen LogP contribution in [0.15, 0.2) is 67.1 Å². The van der Waals surface area contributed by atoms with E-state index in [0.29, 0.717) is 11.1 Å². The Morgan fingerprint density at radius 3 is 2.65 bits per heavy atom. The zero-order chi connectivity index (χ0) is 23.9. The van der Waals surface area contributed by atoms with Crippen LogP contribution in [-0.2, 0) is 13.0 Å². The lowest BCUT2D eigenvalue weighted by Gasteiger charge is -2.22. The minimum Gasteiger partial charge on any atom is -0.395 e. The molecule has 0 spiro atoms. The van der Waals surface area contributed by atoms with Gasteiger partial charge in [-0.1, -0.05) is 24.3 Å². The van der Waals surface area contributed by atoms with E-state index < -0.39 is 12.1 Å². The number of hydrogen-bond donors (Lipinski definition) is 3. The number of aliphatic hydroxyl groups excluding tert-OH is 2. The molecule has 0 aliphatic carbocycles. The number of amides is 1. The molecule has 178 valence electrons. The molecule has 3 N–H and O–H groups in total. The molecule has 7 nitrogen and oxygen atoms in total. The highest BCUT2D eigenvalue weighted by Gasteiger charge is 2.30. The number of benzene rings is 1. The summed E-state index contributed by atoms with van der Waals surface area (Å²) in [5.74, 6) is -0.896. The molecule has 4 rings (SSSR count). The quantitative estimate of drug-likeness (QED) is 0.421. The lowest BCUT2D eigenvalue weighted by molar-refractivity contribution is 0.0705. The molecular formula is C26H29FN4O3. The summed E-state index contributed by atoms with van der Waals surface area (Å²) in [5, 5.41) is 23.5.